The molecule has 4 rings (SSSR count). The highest BCUT2D eigenvalue weighted by Crippen LogP contribution is 2.34. The first kappa shape index (κ1) is 16.5. The fourth-order valence-corrected chi connectivity index (χ4v) is 4.08. The van der Waals surface area contributed by atoms with E-state index in [0.29, 0.717) is 26.8 Å². The van der Waals surface area contributed by atoms with Gasteiger partial charge in [-0.1, -0.05) is 11.6 Å². The van der Waals surface area contributed by atoms with Gasteiger partial charge < -0.3 is 15.2 Å². The predicted molar refractivity (Wildman–Crippen MR) is 94.2 cm³/mol. The number of aliphatic hydroxyl groups is 1. The van der Waals surface area contributed by atoms with Crippen molar-refractivity contribution in [1.82, 2.24) is 14.9 Å². The second-order valence-corrected chi connectivity index (χ2v) is 7.73. The summed E-state index contributed by atoms with van der Waals surface area (Å²) in [6.07, 6.45) is 3.86. The third-order valence-corrected chi connectivity index (χ3v) is 5.91. The van der Waals surface area contributed by atoms with Crippen molar-refractivity contribution in [3.63, 3.8) is 0 Å². The van der Waals surface area contributed by atoms with Gasteiger partial charge in [0.2, 0.25) is 0 Å². The largest absolute Gasteiger partial charge is 0.364 e. The minimum Gasteiger partial charge on any atom is -0.364 e. The van der Waals surface area contributed by atoms with Gasteiger partial charge in [-0.25, -0.2) is 4.98 Å². The molecule has 3 heterocycles. The zero-order valence-electron chi connectivity index (χ0n) is 12.8. The van der Waals surface area contributed by atoms with Crippen molar-refractivity contribution in [3.05, 3.63) is 38.3 Å². The lowest BCUT2D eigenvalue weighted by atomic mass is 9.99. The predicted octanol–water partition coefficient (Wildman–Crippen LogP) is 2.04. The fraction of sp³-hybridized carbons (Fsp3) is 0.500. The molecule has 2 aliphatic rings. The van der Waals surface area contributed by atoms with Crippen LogP contribution in [0.2, 0.25) is 5.02 Å². The van der Waals surface area contributed by atoms with Crippen LogP contribution in [0.1, 0.15) is 19.3 Å². The van der Waals surface area contributed by atoms with Crippen LogP contribution >= 0.6 is 27.5 Å². The number of halogens is 2. The first-order chi connectivity index (χ1) is 11.5. The van der Waals surface area contributed by atoms with Crippen molar-refractivity contribution in [1.29, 1.82) is 0 Å². The number of hydrogen-bond donors (Lipinski definition) is 2. The maximum Gasteiger partial charge on any atom is 0.261 e. The number of nitrogens with one attached hydrogen (secondary N) is 1. The highest BCUT2D eigenvalue weighted by Gasteiger charge is 2.46. The summed E-state index contributed by atoms with van der Waals surface area (Å²) < 4.78 is 7.88. The zero-order valence-corrected chi connectivity index (χ0v) is 15.2. The van der Waals surface area contributed by atoms with Crippen LogP contribution in [-0.4, -0.2) is 39.1 Å². The fourth-order valence-electron chi connectivity index (χ4n) is 3.58. The van der Waals surface area contributed by atoms with E-state index in [2.05, 4.69) is 26.2 Å². The van der Waals surface area contributed by atoms with Crippen LogP contribution in [0.15, 0.2) is 27.7 Å². The lowest BCUT2D eigenvalue weighted by Crippen LogP contribution is -2.41. The van der Waals surface area contributed by atoms with E-state index >= 15 is 0 Å². The van der Waals surface area contributed by atoms with Crippen LogP contribution in [0.4, 0.5) is 0 Å². The zero-order chi connectivity index (χ0) is 16.9. The van der Waals surface area contributed by atoms with Gasteiger partial charge in [0.15, 0.2) is 5.79 Å². The van der Waals surface area contributed by atoms with Crippen molar-refractivity contribution in [2.75, 3.05) is 6.54 Å². The van der Waals surface area contributed by atoms with E-state index in [1.54, 1.807) is 12.1 Å². The highest BCUT2D eigenvalue weighted by molar-refractivity contribution is 9.10. The Bertz CT molecular complexity index is 842. The average molecular weight is 415 g/mol. The van der Waals surface area contributed by atoms with E-state index in [4.69, 9.17) is 16.3 Å². The molecule has 1 unspecified atom stereocenters. The number of benzene rings is 1. The third-order valence-electron chi connectivity index (χ3n) is 4.71. The molecule has 0 saturated carbocycles. The molecule has 1 aromatic carbocycles. The van der Waals surface area contributed by atoms with Crippen molar-refractivity contribution in [3.8, 4) is 0 Å². The average Bonchev–Trinajstić information content (AvgIpc) is 2.88. The Kier molecular flexibility index (Phi) is 4.17. The molecule has 128 valence electrons. The molecule has 8 heteroatoms. The molecular weight excluding hydrogens is 398 g/mol. The molecule has 0 radical (unpaired) electrons. The SMILES string of the molecule is O=c1c2cc(Br)c(Cl)cc2ncn1CC1(O)C[C@H]2NCCC[C@H]2O1. The molecule has 2 aliphatic heterocycles. The van der Waals surface area contributed by atoms with E-state index < -0.39 is 5.79 Å². The first-order valence-electron chi connectivity index (χ1n) is 7.93. The standard InChI is InChI=1S/C16H17BrClN3O3/c17-10-4-9-12(5-11(10)18)20-8-21(15(9)22)7-16(23)6-13-14(24-16)2-1-3-19-13/h4-5,8,13-14,19,23H,1-3,6-7H2/t13-,14-,16?/m1/s1. The van der Waals surface area contributed by atoms with Gasteiger partial charge in [0, 0.05) is 16.9 Å². The molecule has 2 N–H and O–H groups in total. The van der Waals surface area contributed by atoms with Crippen molar-refractivity contribution < 1.29 is 9.84 Å². The molecule has 6 nitrogen and oxygen atoms in total. The monoisotopic (exact) mass is 413 g/mol. The molecule has 2 fully saturated rings. The lowest BCUT2D eigenvalue weighted by molar-refractivity contribution is -0.202. The topological polar surface area (TPSA) is 76.4 Å². The molecule has 1 aromatic heterocycles. The maximum absolute atomic E-state index is 12.7. The normalized spacial score (nSPS) is 29.8. The Hall–Kier alpha value is -0.990. The van der Waals surface area contributed by atoms with Crippen LogP contribution in [0, 0.1) is 0 Å². The number of aromatic nitrogens is 2. The van der Waals surface area contributed by atoms with Crippen molar-refractivity contribution in [2.45, 2.75) is 43.7 Å². The number of rotatable bonds is 2. The number of fused-ring (bicyclic) bond motifs is 2. The summed E-state index contributed by atoms with van der Waals surface area (Å²) >= 11 is 9.37. The van der Waals surface area contributed by atoms with E-state index in [-0.39, 0.29) is 24.2 Å². The van der Waals surface area contributed by atoms with Gasteiger partial charge in [0.1, 0.15) is 0 Å². The summed E-state index contributed by atoms with van der Waals surface area (Å²) in [7, 11) is 0. The van der Waals surface area contributed by atoms with Gasteiger partial charge in [-0.15, -0.1) is 0 Å². The number of nitrogens with zero attached hydrogens (tertiary/aromatic N) is 2. The minimum atomic E-state index is -1.35. The summed E-state index contributed by atoms with van der Waals surface area (Å²) in [6, 6.07) is 3.44. The minimum absolute atomic E-state index is 0.000758. The maximum atomic E-state index is 12.7. The number of ether oxygens (including phenoxy) is 1. The van der Waals surface area contributed by atoms with Crippen LogP contribution < -0.4 is 10.9 Å². The van der Waals surface area contributed by atoms with E-state index in [1.807, 2.05) is 0 Å². The van der Waals surface area contributed by atoms with Gasteiger partial charge >= 0.3 is 0 Å². The number of piperidine rings is 1. The Morgan fingerprint density at radius 1 is 1.54 bits per heavy atom. The van der Waals surface area contributed by atoms with Gasteiger partial charge in [0.05, 0.1) is 34.9 Å². The van der Waals surface area contributed by atoms with E-state index in [9.17, 15) is 9.90 Å². The molecular formula is C16H17BrClN3O3. The Morgan fingerprint density at radius 2 is 2.38 bits per heavy atom. The summed E-state index contributed by atoms with van der Waals surface area (Å²) in [5, 5.41) is 15.1. The Balaban J connectivity index is 1.66. The smallest absolute Gasteiger partial charge is 0.261 e. The third kappa shape index (κ3) is 2.88. The second kappa shape index (κ2) is 6.07. The summed E-state index contributed by atoms with van der Waals surface area (Å²) in [4.78, 5) is 17.0. The van der Waals surface area contributed by atoms with Crippen molar-refractivity contribution >= 4 is 38.4 Å². The Labute approximate surface area is 151 Å². The van der Waals surface area contributed by atoms with Gasteiger partial charge in [-0.3, -0.25) is 9.36 Å². The molecule has 2 aromatic rings. The molecule has 2 saturated heterocycles. The summed E-state index contributed by atoms with van der Waals surface area (Å²) in [6.45, 7) is 0.997. The van der Waals surface area contributed by atoms with Crippen molar-refractivity contribution in [2.24, 2.45) is 0 Å². The highest BCUT2D eigenvalue weighted by atomic mass is 79.9. The molecule has 24 heavy (non-hydrogen) atoms. The molecule has 0 aliphatic carbocycles. The van der Waals surface area contributed by atoms with Crippen LogP contribution in [-0.2, 0) is 11.3 Å². The van der Waals surface area contributed by atoms with E-state index in [0.717, 1.165) is 19.4 Å². The first-order valence-corrected chi connectivity index (χ1v) is 9.10. The second-order valence-electron chi connectivity index (χ2n) is 6.47. The lowest BCUT2D eigenvalue weighted by Gasteiger charge is -2.25. The van der Waals surface area contributed by atoms with Crippen LogP contribution in [0.5, 0.6) is 0 Å². The molecule has 3 atom stereocenters. The van der Waals surface area contributed by atoms with Gasteiger partial charge in [-0.2, -0.15) is 0 Å². The van der Waals surface area contributed by atoms with Crippen LogP contribution in [0.3, 0.4) is 0 Å². The molecule has 0 spiro atoms. The molecule has 0 bridgehead atoms. The summed E-state index contributed by atoms with van der Waals surface area (Å²) in [5.74, 6) is -1.35. The van der Waals surface area contributed by atoms with Gasteiger partial charge in [-0.05, 0) is 47.4 Å². The molecule has 0 amide bonds. The summed E-state index contributed by atoms with van der Waals surface area (Å²) in [5.41, 5.74) is 0.302. The van der Waals surface area contributed by atoms with E-state index in [1.165, 1.54) is 10.9 Å². The van der Waals surface area contributed by atoms with Gasteiger partial charge in [0.25, 0.3) is 5.56 Å². The quantitative estimate of drug-likeness (QED) is 0.786. The van der Waals surface area contributed by atoms with Crippen LogP contribution in [0.25, 0.3) is 10.9 Å². The Morgan fingerprint density at radius 3 is 3.17 bits per heavy atom. The number of hydrogen-bond acceptors (Lipinski definition) is 5.